The number of aryl methyl sites for hydroxylation is 1. The Morgan fingerprint density at radius 1 is 1.18 bits per heavy atom. The molecule has 0 unspecified atom stereocenters. The summed E-state index contributed by atoms with van der Waals surface area (Å²) in [5, 5.41) is 5.57. The molecule has 7 heteroatoms. The zero-order chi connectivity index (χ0) is 20.3. The van der Waals surface area contributed by atoms with E-state index in [0.717, 1.165) is 20.5 Å². The predicted molar refractivity (Wildman–Crippen MR) is 111 cm³/mol. The van der Waals surface area contributed by atoms with Crippen molar-refractivity contribution in [2.45, 2.75) is 32.2 Å². The number of hydrogen-bond acceptors (Lipinski definition) is 3. The maximum atomic E-state index is 13.2. The van der Waals surface area contributed by atoms with E-state index in [9.17, 15) is 14.4 Å². The molecule has 1 fully saturated rings. The molecule has 1 atom stereocenters. The molecule has 0 radical (unpaired) electrons. The Kier molecular flexibility index (Phi) is 5.84. The molecular formula is C21H22BrN3O3. The van der Waals surface area contributed by atoms with Crippen LogP contribution in [0.4, 0.5) is 10.5 Å². The number of urea groups is 1. The molecule has 1 heterocycles. The van der Waals surface area contributed by atoms with Gasteiger partial charge in [-0.15, -0.1) is 0 Å². The number of amides is 4. The van der Waals surface area contributed by atoms with Crippen LogP contribution >= 0.6 is 15.9 Å². The summed E-state index contributed by atoms with van der Waals surface area (Å²) in [6.45, 7) is 3.55. The first-order valence-corrected chi connectivity index (χ1v) is 9.92. The molecule has 2 aromatic carbocycles. The van der Waals surface area contributed by atoms with Gasteiger partial charge < -0.3 is 10.6 Å². The molecule has 2 aromatic rings. The van der Waals surface area contributed by atoms with Crippen molar-refractivity contribution in [1.82, 2.24) is 10.2 Å². The third-order valence-electron chi connectivity index (χ3n) is 4.77. The molecule has 146 valence electrons. The molecule has 1 aliphatic rings. The van der Waals surface area contributed by atoms with E-state index in [1.807, 2.05) is 56.3 Å². The minimum atomic E-state index is -1.13. The normalized spacial score (nSPS) is 18.9. The van der Waals surface area contributed by atoms with Gasteiger partial charge in [0.05, 0.1) is 5.69 Å². The first-order valence-electron chi connectivity index (χ1n) is 9.13. The van der Waals surface area contributed by atoms with Crippen LogP contribution in [0.15, 0.2) is 53.0 Å². The molecule has 3 rings (SSSR count). The fraction of sp³-hybridized carbons (Fsp3) is 0.286. The molecular weight excluding hydrogens is 422 g/mol. The monoisotopic (exact) mass is 443 g/mol. The number of carbonyl (C=O) groups is 3. The van der Waals surface area contributed by atoms with E-state index < -0.39 is 23.4 Å². The highest BCUT2D eigenvalue weighted by atomic mass is 79.9. The minimum absolute atomic E-state index is 0.344. The summed E-state index contributed by atoms with van der Waals surface area (Å²) in [5.41, 5.74) is 1.23. The average Bonchev–Trinajstić information content (AvgIpc) is 2.90. The first kappa shape index (κ1) is 20.1. The van der Waals surface area contributed by atoms with E-state index in [1.165, 1.54) is 0 Å². The molecule has 0 bridgehead atoms. The lowest BCUT2D eigenvalue weighted by Crippen LogP contribution is -2.44. The molecule has 0 aromatic heterocycles. The zero-order valence-corrected chi connectivity index (χ0v) is 17.4. The van der Waals surface area contributed by atoms with Crippen LogP contribution in [0.5, 0.6) is 0 Å². The third kappa shape index (κ3) is 3.80. The van der Waals surface area contributed by atoms with Gasteiger partial charge in [-0.1, -0.05) is 49.7 Å². The Morgan fingerprint density at radius 3 is 2.54 bits per heavy atom. The summed E-state index contributed by atoms with van der Waals surface area (Å²) < 4.78 is 0.739. The summed E-state index contributed by atoms with van der Waals surface area (Å²) in [4.78, 5) is 39.2. The standard InChI is InChI=1S/C21H22BrN3O3/c1-3-11-21(15-7-5-4-6-8-15)19(27)25(20(28)24-21)13-18(26)23-17-10-9-14(2)12-16(17)22/h4-10,12H,3,11,13H2,1-2H3,(H,23,26)(H,24,28)/t21-/m0/s1. The van der Waals surface area contributed by atoms with Gasteiger partial charge in [-0.05, 0) is 52.5 Å². The maximum Gasteiger partial charge on any atom is 0.325 e. The molecule has 0 spiro atoms. The van der Waals surface area contributed by atoms with Crippen molar-refractivity contribution in [3.63, 3.8) is 0 Å². The Hall–Kier alpha value is -2.67. The van der Waals surface area contributed by atoms with Crippen LogP contribution in [0, 0.1) is 6.92 Å². The van der Waals surface area contributed by atoms with Gasteiger partial charge in [0.25, 0.3) is 5.91 Å². The van der Waals surface area contributed by atoms with E-state index in [2.05, 4.69) is 26.6 Å². The van der Waals surface area contributed by atoms with Gasteiger partial charge in [0, 0.05) is 4.47 Å². The fourth-order valence-corrected chi connectivity index (χ4v) is 4.02. The van der Waals surface area contributed by atoms with E-state index >= 15 is 0 Å². The van der Waals surface area contributed by atoms with Gasteiger partial charge in [-0.25, -0.2) is 4.79 Å². The van der Waals surface area contributed by atoms with E-state index in [-0.39, 0.29) is 6.54 Å². The van der Waals surface area contributed by atoms with Crippen molar-refractivity contribution in [2.75, 3.05) is 11.9 Å². The van der Waals surface area contributed by atoms with E-state index in [0.29, 0.717) is 18.5 Å². The number of hydrogen-bond donors (Lipinski definition) is 2. The quantitative estimate of drug-likeness (QED) is 0.663. The minimum Gasteiger partial charge on any atom is -0.323 e. The second kappa shape index (κ2) is 8.14. The average molecular weight is 444 g/mol. The summed E-state index contributed by atoms with van der Waals surface area (Å²) in [5.74, 6) is -0.836. The number of benzene rings is 2. The highest BCUT2D eigenvalue weighted by Crippen LogP contribution is 2.33. The largest absolute Gasteiger partial charge is 0.325 e. The second-order valence-corrected chi connectivity index (χ2v) is 7.73. The van der Waals surface area contributed by atoms with Crippen molar-refractivity contribution in [2.24, 2.45) is 0 Å². The van der Waals surface area contributed by atoms with Crippen molar-refractivity contribution < 1.29 is 14.4 Å². The van der Waals surface area contributed by atoms with Crippen LogP contribution in [0.3, 0.4) is 0 Å². The maximum absolute atomic E-state index is 13.2. The first-order chi connectivity index (χ1) is 13.4. The zero-order valence-electron chi connectivity index (χ0n) is 15.8. The van der Waals surface area contributed by atoms with E-state index in [4.69, 9.17) is 0 Å². The summed E-state index contributed by atoms with van der Waals surface area (Å²) in [6.07, 6.45) is 1.17. The summed E-state index contributed by atoms with van der Waals surface area (Å²) >= 11 is 3.41. The topological polar surface area (TPSA) is 78.5 Å². The van der Waals surface area contributed by atoms with Gasteiger partial charge in [0.2, 0.25) is 5.91 Å². The number of nitrogens with one attached hydrogen (secondary N) is 2. The van der Waals surface area contributed by atoms with Crippen molar-refractivity contribution >= 4 is 39.5 Å². The Balaban J connectivity index is 1.80. The fourth-order valence-electron chi connectivity index (χ4n) is 3.43. The molecule has 1 aliphatic heterocycles. The highest BCUT2D eigenvalue weighted by Gasteiger charge is 2.52. The van der Waals surface area contributed by atoms with Gasteiger partial charge in [0.15, 0.2) is 0 Å². The van der Waals surface area contributed by atoms with Crippen LogP contribution in [-0.2, 0) is 15.1 Å². The SMILES string of the molecule is CCC[C@@]1(c2ccccc2)NC(=O)N(CC(=O)Nc2ccc(C)cc2Br)C1=O. The Morgan fingerprint density at radius 2 is 1.89 bits per heavy atom. The number of anilines is 1. The van der Waals surface area contributed by atoms with Crippen LogP contribution in [0.25, 0.3) is 0 Å². The van der Waals surface area contributed by atoms with Crippen LogP contribution < -0.4 is 10.6 Å². The molecule has 6 nitrogen and oxygen atoms in total. The lowest BCUT2D eigenvalue weighted by molar-refractivity contribution is -0.134. The van der Waals surface area contributed by atoms with Crippen LogP contribution in [0.2, 0.25) is 0 Å². The third-order valence-corrected chi connectivity index (χ3v) is 5.42. The molecule has 4 amide bonds. The molecule has 1 saturated heterocycles. The molecule has 28 heavy (non-hydrogen) atoms. The number of nitrogens with zero attached hydrogens (tertiary/aromatic N) is 1. The van der Waals surface area contributed by atoms with Crippen molar-refractivity contribution in [1.29, 1.82) is 0 Å². The summed E-state index contributed by atoms with van der Waals surface area (Å²) in [6, 6.07) is 14.1. The number of imide groups is 1. The number of carbonyl (C=O) groups excluding carboxylic acids is 3. The van der Waals surface area contributed by atoms with Crippen LogP contribution in [-0.4, -0.2) is 29.3 Å². The lowest BCUT2D eigenvalue weighted by Gasteiger charge is -2.26. The van der Waals surface area contributed by atoms with Gasteiger partial charge in [0.1, 0.15) is 12.1 Å². The van der Waals surface area contributed by atoms with Gasteiger partial charge in [-0.3, -0.25) is 14.5 Å². The van der Waals surface area contributed by atoms with Crippen molar-refractivity contribution in [3.05, 3.63) is 64.1 Å². The smallest absolute Gasteiger partial charge is 0.323 e. The van der Waals surface area contributed by atoms with Crippen LogP contribution in [0.1, 0.15) is 30.9 Å². The Bertz CT molecular complexity index is 916. The van der Waals surface area contributed by atoms with Gasteiger partial charge in [-0.2, -0.15) is 0 Å². The number of halogens is 1. The van der Waals surface area contributed by atoms with Gasteiger partial charge >= 0.3 is 6.03 Å². The molecule has 2 N–H and O–H groups in total. The van der Waals surface area contributed by atoms with Crippen molar-refractivity contribution in [3.8, 4) is 0 Å². The lowest BCUT2D eigenvalue weighted by atomic mass is 9.85. The van der Waals surface area contributed by atoms with E-state index in [1.54, 1.807) is 6.07 Å². The Labute approximate surface area is 172 Å². The second-order valence-electron chi connectivity index (χ2n) is 6.87. The molecule has 0 aliphatic carbocycles. The molecule has 0 saturated carbocycles. The number of rotatable bonds is 6. The summed E-state index contributed by atoms with van der Waals surface area (Å²) in [7, 11) is 0. The predicted octanol–water partition coefficient (Wildman–Crippen LogP) is 3.94. The highest BCUT2D eigenvalue weighted by molar-refractivity contribution is 9.10.